The van der Waals surface area contributed by atoms with Gasteiger partial charge in [0.2, 0.25) is 0 Å². The Morgan fingerprint density at radius 3 is 2.24 bits per heavy atom. The zero-order valence-electron chi connectivity index (χ0n) is 11.6. The SMILES string of the molecule is CCN(c1ccccc1)S(=O)(=O)c1ccccc1C(N)=S. The van der Waals surface area contributed by atoms with E-state index in [0.29, 0.717) is 17.8 Å². The van der Waals surface area contributed by atoms with Crippen molar-refractivity contribution in [3.05, 3.63) is 60.2 Å². The van der Waals surface area contributed by atoms with Crippen molar-refractivity contribution in [3.63, 3.8) is 0 Å². The van der Waals surface area contributed by atoms with E-state index in [9.17, 15) is 8.42 Å². The van der Waals surface area contributed by atoms with Crippen molar-refractivity contribution < 1.29 is 8.42 Å². The summed E-state index contributed by atoms with van der Waals surface area (Å²) in [6.07, 6.45) is 0. The van der Waals surface area contributed by atoms with Crippen LogP contribution in [0, 0.1) is 0 Å². The van der Waals surface area contributed by atoms with Crippen molar-refractivity contribution in [2.45, 2.75) is 11.8 Å². The number of hydrogen-bond acceptors (Lipinski definition) is 3. The van der Waals surface area contributed by atoms with Gasteiger partial charge in [-0.1, -0.05) is 48.6 Å². The fourth-order valence-electron chi connectivity index (χ4n) is 2.10. The molecule has 0 aliphatic carbocycles. The van der Waals surface area contributed by atoms with Gasteiger partial charge < -0.3 is 5.73 Å². The summed E-state index contributed by atoms with van der Waals surface area (Å²) in [6.45, 7) is 2.10. The summed E-state index contributed by atoms with van der Waals surface area (Å²) >= 11 is 4.95. The molecule has 0 amide bonds. The molecule has 0 radical (unpaired) electrons. The predicted octanol–water partition coefficient (Wildman–Crippen LogP) is 2.54. The number of sulfonamides is 1. The highest BCUT2D eigenvalue weighted by atomic mass is 32.2. The van der Waals surface area contributed by atoms with Gasteiger partial charge in [0.1, 0.15) is 4.99 Å². The van der Waals surface area contributed by atoms with E-state index in [-0.39, 0.29) is 9.88 Å². The Labute approximate surface area is 130 Å². The van der Waals surface area contributed by atoms with E-state index in [2.05, 4.69) is 0 Å². The zero-order valence-corrected chi connectivity index (χ0v) is 13.2. The number of nitrogens with two attached hydrogens (primary N) is 1. The summed E-state index contributed by atoms with van der Waals surface area (Å²) in [6, 6.07) is 15.5. The van der Waals surface area contributed by atoms with Crippen LogP contribution in [0.15, 0.2) is 59.5 Å². The third-order valence-corrected chi connectivity index (χ3v) is 5.23. The zero-order chi connectivity index (χ0) is 15.5. The number of anilines is 1. The monoisotopic (exact) mass is 320 g/mol. The second-order valence-electron chi connectivity index (χ2n) is 4.37. The highest BCUT2D eigenvalue weighted by Crippen LogP contribution is 2.25. The van der Waals surface area contributed by atoms with E-state index >= 15 is 0 Å². The van der Waals surface area contributed by atoms with Gasteiger partial charge in [0.05, 0.1) is 10.6 Å². The molecule has 4 nitrogen and oxygen atoms in total. The summed E-state index contributed by atoms with van der Waals surface area (Å²) in [5, 5.41) is 0. The van der Waals surface area contributed by atoms with Crippen LogP contribution in [0.5, 0.6) is 0 Å². The fourth-order valence-corrected chi connectivity index (χ4v) is 4.03. The molecule has 110 valence electrons. The topological polar surface area (TPSA) is 63.4 Å². The van der Waals surface area contributed by atoms with Crippen molar-refractivity contribution in [1.82, 2.24) is 0 Å². The summed E-state index contributed by atoms with van der Waals surface area (Å²) in [5.74, 6) is 0. The number of hydrogen-bond donors (Lipinski definition) is 1. The molecular weight excluding hydrogens is 304 g/mol. The number of para-hydroxylation sites is 1. The van der Waals surface area contributed by atoms with Gasteiger partial charge in [-0.25, -0.2) is 8.42 Å². The van der Waals surface area contributed by atoms with E-state index in [1.165, 1.54) is 10.4 Å². The molecule has 0 unspecified atom stereocenters. The van der Waals surface area contributed by atoms with Gasteiger partial charge in [0.25, 0.3) is 10.0 Å². The molecule has 0 saturated carbocycles. The fraction of sp³-hybridized carbons (Fsp3) is 0.133. The number of rotatable bonds is 5. The van der Waals surface area contributed by atoms with Crippen LogP contribution in [0.3, 0.4) is 0 Å². The van der Waals surface area contributed by atoms with Crippen molar-refractivity contribution >= 4 is 32.9 Å². The molecule has 2 aromatic rings. The molecular formula is C15H16N2O2S2. The molecule has 0 spiro atoms. The van der Waals surface area contributed by atoms with Gasteiger partial charge in [0, 0.05) is 12.1 Å². The first-order valence-corrected chi connectivity index (χ1v) is 8.30. The lowest BCUT2D eigenvalue weighted by Crippen LogP contribution is -2.32. The normalized spacial score (nSPS) is 11.1. The van der Waals surface area contributed by atoms with Crippen LogP contribution in [0.25, 0.3) is 0 Å². The maximum atomic E-state index is 12.9. The Morgan fingerprint density at radius 1 is 1.10 bits per heavy atom. The minimum Gasteiger partial charge on any atom is -0.389 e. The number of benzene rings is 2. The maximum Gasteiger partial charge on any atom is 0.265 e. The minimum absolute atomic E-state index is 0.0679. The van der Waals surface area contributed by atoms with Crippen molar-refractivity contribution in [2.75, 3.05) is 10.8 Å². The van der Waals surface area contributed by atoms with E-state index in [1.807, 2.05) is 6.07 Å². The van der Waals surface area contributed by atoms with Crippen LogP contribution in [-0.4, -0.2) is 20.0 Å². The Hall–Kier alpha value is -1.92. The van der Waals surface area contributed by atoms with Crippen LogP contribution in [0.1, 0.15) is 12.5 Å². The van der Waals surface area contributed by atoms with Gasteiger partial charge in [-0.15, -0.1) is 0 Å². The van der Waals surface area contributed by atoms with Crippen molar-refractivity contribution in [2.24, 2.45) is 5.73 Å². The highest BCUT2D eigenvalue weighted by molar-refractivity contribution is 7.93. The van der Waals surface area contributed by atoms with Gasteiger partial charge in [0.15, 0.2) is 0 Å². The Kier molecular flexibility index (Phi) is 4.59. The maximum absolute atomic E-state index is 12.9. The largest absolute Gasteiger partial charge is 0.389 e. The molecule has 0 saturated heterocycles. The lowest BCUT2D eigenvalue weighted by molar-refractivity contribution is 0.591. The first-order chi connectivity index (χ1) is 9.98. The van der Waals surface area contributed by atoms with E-state index in [4.69, 9.17) is 18.0 Å². The molecule has 21 heavy (non-hydrogen) atoms. The molecule has 2 rings (SSSR count). The number of nitrogens with zero attached hydrogens (tertiary/aromatic N) is 1. The Bertz CT molecular complexity index is 743. The molecule has 2 aromatic carbocycles. The molecule has 0 bridgehead atoms. The molecule has 6 heteroatoms. The third-order valence-electron chi connectivity index (χ3n) is 3.05. The van der Waals surface area contributed by atoms with Gasteiger partial charge in [-0.3, -0.25) is 4.31 Å². The average molecular weight is 320 g/mol. The summed E-state index contributed by atoms with van der Waals surface area (Å²) < 4.78 is 27.1. The molecule has 0 fully saturated rings. The Balaban J connectivity index is 2.59. The molecule has 0 aliphatic rings. The molecule has 0 aromatic heterocycles. The van der Waals surface area contributed by atoms with Crippen LogP contribution in [-0.2, 0) is 10.0 Å². The smallest absolute Gasteiger partial charge is 0.265 e. The third kappa shape index (κ3) is 3.06. The average Bonchev–Trinajstić information content (AvgIpc) is 2.49. The quantitative estimate of drug-likeness (QED) is 0.860. The van der Waals surface area contributed by atoms with Crippen molar-refractivity contribution in [3.8, 4) is 0 Å². The second kappa shape index (κ2) is 6.24. The summed E-state index contributed by atoms with van der Waals surface area (Å²) in [4.78, 5) is 0.196. The van der Waals surface area contributed by atoms with E-state index < -0.39 is 10.0 Å². The van der Waals surface area contributed by atoms with Gasteiger partial charge >= 0.3 is 0 Å². The minimum atomic E-state index is -3.71. The lowest BCUT2D eigenvalue weighted by Gasteiger charge is -2.24. The second-order valence-corrected chi connectivity index (χ2v) is 6.64. The van der Waals surface area contributed by atoms with Crippen LogP contribution >= 0.6 is 12.2 Å². The van der Waals surface area contributed by atoms with Gasteiger partial charge in [-0.2, -0.15) is 0 Å². The highest BCUT2D eigenvalue weighted by Gasteiger charge is 2.26. The van der Waals surface area contributed by atoms with E-state index in [1.54, 1.807) is 49.4 Å². The van der Waals surface area contributed by atoms with Crippen molar-refractivity contribution in [1.29, 1.82) is 0 Å². The Morgan fingerprint density at radius 2 is 1.67 bits per heavy atom. The van der Waals surface area contributed by atoms with Crippen LogP contribution in [0.2, 0.25) is 0 Å². The van der Waals surface area contributed by atoms with Crippen LogP contribution in [0.4, 0.5) is 5.69 Å². The molecule has 0 heterocycles. The number of thiocarbonyl (C=S) groups is 1. The first-order valence-electron chi connectivity index (χ1n) is 6.45. The molecule has 0 atom stereocenters. The van der Waals surface area contributed by atoms with Crippen LogP contribution < -0.4 is 10.0 Å². The van der Waals surface area contributed by atoms with E-state index in [0.717, 1.165) is 0 Å². The first kappa shape index (κ1) is 15.5. The predicted molar refractivity (Wildman–Crippen MR) is 89.0 cm³/mol. The molecule has 2 N–H and O–H groups in total. The lowest BCUT2D eigenvalue weighted by atomic mass is 10.2. The summed E-state index contributed by atoms with van der Waals surface area (Å²) in [7, 11) is -3.71. The standard InChI is InChI=1S/C15H16N2O2S2/c1-2-17(12-8-4-3-5-9-12)21(18,19)14-11-7-6-10-13(14)15(16)20/h3-11H,2H2,1H3,(H2,16,20). The summed E-state index contributed by atoms with van der Waals surface area (Å²) in [5.41, 5.74) is 6.61. The van der Waals surface area contributed by atoms with Gasteiger partial charge in [-0.05, 0) is 25.1 Å². The molecule has 0 aliphatic heterocycles.